The number of rotatable bonds is 3. The van der Waals surface area contributed by atoms with Crippen molar-refractivity contribution in [1.82, 2.24) is 9.80 Å². The first-order valence-corrected chi connectivity index (χ1v) is 10.7. The molecule has 3 N–H and O–H groups in total. The fraction of sp³-hybridized carbons (Fsp3) is 0.318. The number of hydrogen-bond acceptors (Lipinski definition) is 8. The van der Waals surface area contributed by atoms with Crippen LogP contribution < -0.4 is 5.73 Å². The van der Waals surface area contributed by atoms with E-state index in [4.69, 9.17) is 10.7 Å². The van der Waals surface area contributed by atoms with Crippen molar-refractivity contribution in [1.29, 1.82) is 5.26 Å². The number of nitrogens with zero attached hydrogens (tertiary/aromatic N) is 4. The third kappa shape index (κ3) is 3.73. The number of hydrogen-bond donors (Lipinski definition) is 2. The third-order valence-electron chi connectivity index (χ3n) is 5.55. The number of carbonyl (C=O) groups excluding carboxylic acids is 1. The van der Waals surface area contributed by atoms with Gasteiger partial charge >= 0.3 is 5.97 Å². The Morgan fingerprint density at radius 3 is 2.87 bits per heavy atom. The average Bonchev–Trinajstić information content (AvgIpc) is 3.10. The van der Waals surface area contributed by atoms with Crippen LogP contribution in [0.4, 0.5) is 5.69 Å². The summed E-state index contributed by atoms with van der Waals surface area (Å²) in [4.78, 5) is 33.0. The van der Waals surface area contributed by atoms with Gasteiger partial charge in [0.2, 0.25) is 5.96 Å². The van der Waals surface area contributed by atoms with Gasteiger partial charge in [0.25, 0.3) is 0 Å². The number of fused-ring (bicyclic) bond motifs is 1. The summed E-state index contributed by atoms with van der Waals surface area (Å²) in [7, 11) is 0. The zero-order chi connectivity index (χ0) is 22.1. The summed E-state index contributed by atoms with van der Waals surface area (Å²) >= 11 is 1.02. The highest BCUT2D eigenvalue weighted by Crippen LogP contribution is 2.44. The number of nitriles is 1. The predicted molar refractivity (Wildman–Crippen MR) is 118 cm³/mol. The van der Waals surface area contributed by atoms with Crippen LogP contribution in [-0.4, -0.2) is 51.9 Å². The number of carbonyl (C=O) groups is 1. The van der Waals surface area contributed by atoms with Crippen LogP contribution in [0.3, 0.4) is 0 Å². The van der Waals surface area contributed by atoms with Gasteiger partial charge in [-0.2, -0.15) is 5.26 Å². The molecule has 1 atom stereocenters. The first-order valence-electron chi connectivity index (χ1n) is 9.91. The highest BCUT2D eigenvalue weighted by Gasteiger charge is 2.35. The second-order valence-corrected chi connectivity index (χ2v) is 8.63. The minimum absolute atomic E-state index is 0.0205. The zero-order valence-electron chi connectivity index (χ0n) is 17.0. The molecule has 0 bridgehead atoms. The highest BCUT2D eigenvalue weighted by molar-refractivity contribution is 7.16. The number of guanidine groups is 1. The van der Waals surface area contributed by atoms with Gasteiger partial charge in [0.1, 0.15) is 10.6 Å². The molecule has 4 rings (SSSR count). The van der Waals surface area contributed by atoms with Gasteiger partial charge in [-0.05, 0) is 31.4 Å². The van der Waals surface area contributed by atoms with Crippen LogP contribution in [0.15, 0.2) is 29.3 Å². The molecule has 0 unspecified atom stereocenters. The van der Waals surface area contributed by atoms with Crippen LogP contribution in [0.1, 0.15) is 44.1 Å². The van der Waals surface area contributed by atoms with Crippen LogP contribution >= 0.6 is 11.3 Å². The summed E-state index contributed by atoms with van der Waals surface area (Å²) < 4.78 is 0. The zero-order valence-corrected chi connectivity index (χ0v) is 17.8. The second kappa shape index (κ2) is 8.36. The lowest BCUT2D eigenvalue weighted by molar-refractivity contribution is 0.0701. The van der Waals surface area contributed by atoms with Crippen molar-refractivity contribution < 1.29 is 14.7 Å². The van der Waals surface area contributed by atoms with Crippen LogP contribution in [0.2, 0.25) is 0 Å². The number of carboxylic acids is 1. The SMILES string of the molecule is Cc1c(C(=O)O)sc2c1N=C(N1CCC[C@@H](N)C1)N(Cc1ccccc1C#N)C2=C=O. The van der Waals surface area contributed by atoms with Gasteiger partial charge in [0.05, 0.1) is 28.7 Å². The molecule has 0 spiro atoms. The van der Waals surface area contributed by atoms with E-state index in [1.807, 2.05) is 23.0 Å². The Morgan fingerprint density at radius 1 is 1.42 bits per heavy atom. The standard InChI is InChI=1S/C22H21N5O3S/c1-13-18-20(31-19(13)21(29)30)17(12-28)27(10-15-6-3-2-5-14(15)9-23)22(25-18)26-8-4-7-16(24)11-26/h2-3,5-6,16H,4,7-8,10-11,24H2,1H3,(H,29,30)/t16-/m1/s1. The lowest BCUT2D eigenvalue weighted by atomic mass is 10.1. The number of benzene rings is 1. The molecular formula is C22H21N5O3S. The number of carboxylic acid groups (broad SMARTS) is 1. The summed E-state index contributed by atoms with van der Waals surface area (Å²) in [5.41, 5.74) is 8.67. The summed E-state index contributed by atoms with van der Waals surface area (Å²) in [5, 5.41) is 19.1. The number of nitrogens with two attached hydrogens (primary N) is 1. The normalized spacial score (nSPS) is 18.2. The number of aliphatic imine (C=N–C) groups is 1. The molecule has 9 heteroatoms. The number of likely N-dealkylation sites (tertiary alicyclic amines) is 1. The largest absolute Gasteiger partial charge is 0.477 e. The number of piperidine rings is 1. The Balaban J connectivity index is 1.87. The molecule has 158 valence electrons. The van der Waals surface area contributed by atoms with E-state index in [0.29, 0.717) is 34.2 Å². The van der Waals surface area contributed by atoms with Gasteiger partial charge in [-0.1, -0.05) is 18.2 Å². The summed E-state index contributed by atoms with van der Waals surface area (Å²) in [6.07, 6.45) is 1.79. The molecule has 2 aromatic rings. The highest BCUT2D eigenvalue weighted by atomic mass is 32.1. The lowest BCUT2D eigenvalue weighted by Gasteiger charge is -2.40. The Hall–Kier alpha value is -3.44. The Morgan fingerprint density at radius 2 is 2.19 bits per heavy atom. The monoisotopic (exact) mass is 435 g/mol. The first-order chi connectivity index (χ1) is 14.9. The smallest absolute Gasteiger partial charge is 0.346 e. The van der Waals surface area contributed by atoms with Crippen molar-refractivity contribution in [2.24, 2.45) is 10.7 Å². The maximum absolute atomic E-state index is 12.2. The Bertz CT molecular complexity index is 1170. The fourth-order valence-electron chi connectivity index (χ4n) is 4.01. The minimum Gasteiger partial charge on any atom is -0.477 e. The van der Waals surface area contributed by atoms with Crippen LogP contribution in [-0.2, 0) is 11.3 Å². The van der Waals surface area contributed by atoms with Gasteiger partial charge in [0.15, 0.2) is 5.94 Å². The lowest BCUT2D eigenvalue weighted by Crippen LogP contribution is -2.51. The van der Waals surface area contributed by atoms with Crippen molar-refractivity contribution >= 4 is 40.6 Å². The van der Waals surface area contributed by atoms with Gasteiger partial charge in [-0.15, -0.1) is 11.3 Å². The predicted octanol–water partition coefficient (Wildman–Crippen LogP) is 2.73. The van der Waals surface area contributed by atoms with Gasteiger partial charge in [-0.25, -0.2) is 14.6 Å². The maximum Gasteiger partial charge on any atom is 0.346 e. The number of aromatic carboxylic acids is 1. The van der Waals surface area contributed by atoms with Crippen LogP contribution in [0.5, 0.6) is 0 Å². The molecule has 3 heterocycles. The molecule has 1 aromatic carbocycles. The van der Waals surface area contributed by atoms with Crippen molar-refractivity contribution in [2.45, 2.75) is 32.4 Å². The molecule has 8 nitrogen and oxygen atoms in total. The van der Waals surface area contributed by atoms with E-state index < -0.39 is 5.97 Å². The van der Waals surface area contributed by atoms with Crippen LogP contribution in [0.25, 0.3) is 5.70 Å². The molecule has 1 aromatic heterocycles. The van der Waals surface area contributed by atoms with E-state index in [0.717, 1.165) is 36.3 Å². The van der Waals surface area contributed by atoms with E-state index in [9.17, 15) is 20.0 Å². The second-order valence-electron chi connectivity index (χ2n) is 7.60. The fourth-order valence-corrected chi connectivity index (χ4v) is 5.09. The Kier molecular flexibility index (Phi) is 5.61. The topological polar surface area (TPSA) is 123 Å². The molecule has 1 fully saturated rings. The van der Waals surface area contributed by atoms with E-state index in [1.165, 1.54) is 0 Å². The van der Waals surface area contributed by atoms with Crippen molar-refractivity contribution in [3.05, 3.63) is 50.7 Å². The summed E-state index contributed by atoms with van der Waals surface area (Å²) in [6, 6.07) is 9.34. The van der Waals surface area contributed by atoms with Crippen molar-refractivity contribution in [2.75, 3.05) is 13.1 Å². The molecule has 1 saturated heterocycles. The Labute approximate surface area is 183 Å². The summed E-state index contributed by atoms with van der Waals surface area (Å²) in [6.45, 7) is 3.23. The minimum atomic E-state index is -1.06. The molecule has 0 aliphatic carbocycles. The van der Waals surface area contributed by atoms with Gasteiger partial charge < -0.3 is 15.7 Å². The molecule has 0 radical (unpaired) electrons. The molecule has 0 saturated carbocycles. The molecule has 0 amide bonds. The molecule has 2 aliphatic heterocycles. The molecular weight excluding hydrogens is 414 g/mol. The molecule has 2 aliphatic rings. The average molecular weight is 436 g/mol. The van der Waals surface area contributed by atoms with Crippen molar-refractivity contribution in [3.63, 3.8) is 0 Å². The molecule has 31 heavy (non-hydrogen) atoms. The van der Waals surface area contributed by atoms with E-state index in [1.54, 1.807) is 24.0 Å². The maximum atomic E-state index is 12.2. The van der Waals surface area contributed by atoms with Crippen LogP contribution in [0, 0.1) is 18.3 Å². The van der Waals surface area contributed by atoms with Gasteiger partial charge in [0, 0.05) is 24.7 Å². The van der Waals surface area contributed by atoms with Gasteiger partial charge in [-0.3, -0.25) is 4.90 Å². The van der Waals surface area contributed by atoms with E-state index >= 15 is 0 Å². The van der Waals surface area contributed by atoms with E-state index in [-0.39, 0.29) is 23.2 Å². The summed E-state index contributed by atoms with van der Waals surface area (Å²) in [5.74, 6) is 1.49. The third-order valence-corrected chi connectivity index (χ3v) is 6.83. The van der Waals surface area contributed by atoms with Crippen molar-refractivity contribution in [3.8, 4) is 6.07 Å². The van der Waals surface area contributed by atoms with E-state index in [2.05, 4.69) is 6.07 Å². The first kappa shape index (κ1) is 20.8. The number of thiophene rings is 1. The quantitative estimate of drug-likeness (QED) is 0.711.